The highest BCUT2D eigenvalue weighted by molar-refractivity contribution is 8.06. The van der Waals surface area contributed by atoms with E-state index in [2.05, 4.69) is 20.5 Å². The lowest BCUT2D eigenvalue weighted by molar-refractivity contribution is 0.986. The first kappa shape index (κ1) is 11.2. The average molecular weight is 267 g/mol. The molecule has 3 rings (SSSR count). The maximum absolute atomic E-state index is 4.31. The van der Waals surface area contributed by atoms with Crippen molar-refractivity contribution in [2.75, 3.05) is 29.1 Å². The van der Waals surface area contributed by atoms with Gasteiger partial charge in [0.15, 0.2) is 5.82 Å². The monoisotopic (exact) mass is 267 g/mol. The third kappa shape index (κ3) is 2.50. The van der Waals surface area contributed by atoms with Gasteiger partial charge in [0, 0.05) is 41.4 Å². The number of aromatic nitrogens is 4. The Morgan fingerprint density at radius 3 is 3.35 bits per heavy atom. The first-order valence-electron chi connectivity index (χ1n) is 5.51. The van der Waals surface area contributed by atoms with Gasteiger partial charge in [0.1, 0.15) is 6.33 Å². The largest absolute Gasteiger partial charge is 0.366 e. The van der Waals surface area contributed by atoms with Gasteiger partial charge in [-0.1, -0.05) is 0 Å². The van der Waals surface area contributed by atoms with E-state index < -0.39 is 0 Å². The molecule has 5 nitrogen and oxygen atoms in total. The molecule has 0 aliphatic carbocycles. The smallest absolute Gasteiger partial charge is 0.203 e. The Labute approximate surface area is 108 Å². The number of nitrogens with one attached hydrogen (secondary N) is 1. The van der Waals surface area contributed by atoms with Gasteiger partial charge in [0.25, 0.3) is 0 Å². The molecule has 1 aliphatic heterocycles. The molecule has 1 N–H and O–H groups in total. The molecular formula is C10H13N5S2. The van der Waals surface area contributed by atoms with Crippen LogP contribution >= 0.6 is 23.5 Å². The van der Waals surface area contributed by atoms with Crippen LogP contribution in [0.3, 0.4) is 0 Å². The number of nitrogens with zero attached hydrogens (tertiary/aromatic N) is 4. The molecule has 1 fully saturated rings. The molecule has 7 heteroatoms. The third-order valence-corrected chi connectivity index (χ3v) is 5.44. The molecule has 0 saturated carbocycles. The summed E-state index contributed by atoms with van der Waals surface area (Å²) in [5, 5.41) is 12.0. The first-order valence-corrected chi connectivity index (χ1v) is 7.71. The van der Waals surface area contributed by atoms with Crippen LogP contribution in [0.2, 0.25) is 0 Å². The van der Waals surface area contributed by atoms with Gasteiger partial charge >= 0.3 is 0 Å². The van der Waals surface area contributed by atoms with E-state index in [0.29, 0.717) is 5.25 Å². The Hall–Kier alpha value is -0.950. The van der Waals surface area contributed by atoms with E-state index >= 15 is 0 Å². The van der Waals surface area contributed by atoms with Crippen molar-refractivity contribution >= 4 is 35.0 Å². The lowest BCUT2D eigenvalue weighted by atomic mass is 10.4. The quantitative estimate of drug-likeness (QED) is 0.907. The molecule has 1 saturated heterocycles. The van der Waals surface area contributed by atoms with Crippen LogP contribution in [-0.4, -0.2) is 48.6 Å². The van der Waals surface area contributed by atoms with Crippen molar-refractivity contribution < 1.29 is 0 Å². The summed E-state index contributed by atoms with van der Waals surface area (Å²) in [7, 11) is 0. The molecule has 1 aliphatic rings. The predicted molar refractivity (Wildman–Crippen MR) is 72.8 cm³/mol. The standard InChI is InChI=1S/C10H13N5S2/c1-2-15-7-13-14-10(15)9(11-1)12-5-8-6-16-3-4-17-8/h1-2,7-8H,3-6H2,(H,11,12). The van der Waals surface area contributed by atoms with E-state index in [1.165, 1.54) is 17.3 Å². The number of hydrogen-bond donors (Lipinski definition) is 1. The highest BCUT2D eigenvalue weighted by Gasteiger charge is 2.14. The van der Waals surface area contributed by atoms with E-state index in [9.17, 15) is 0 Å². The zero-order chi connectivity index (χ0) is 11.5. The van der Waals surface area contributed by atoms with Crippen LogP contribution in [0.5, 0.6) is 0 Å². The molecule has 1 unspecified atom stereocenters. The molecule has 0 radical (unpaired) electrons. The van der Waals surface area contributed by atoms with Crippen LogP contribution in [0.15, 0.2) is 18.7 Å². The number of anilines is 1. The van der Waals surface area contributed by atoms with E-state index in [4.69, 9.17) is 0 Å². The zero-order valence-corrected chi connectivity index (χ0v) is 10.9. The van der Waals surface area contributed by atoms with Crippen LogP contribution in [0.25, 0.3) is 5.65 Å². The summed E-state index contributed by atoms with van der Waals surface area (Å²) < 4.78 is 1.87. The Morgan fingerprint density at radius 1 is 1.47 bits per heavy atom. The third-order valence-electron chi connectivity index (χ3n) is 2.60. The summed E-state index contributed by atoms with van der Waals surface area (Å²) in [5.74, 6) is 4.56. The van der Waals surface area contributed by atoms with Crippen LogP contribution < -0.4 is 5.32 Å². The van der Waals surface area contributed by atoms with Crippen molar-refractivity contribution in [3.05, 3.63) is 18.7 Å². The summed E-state index contributed by atoms with van der Waals surface area (Å²) in [6.07, 6.45) is 5.31. The maximum Gasteiger partial charge on any atom is 0.203 e. The minimum atomic E-state index is 0.665. The first-order chi connectivity index (χ1) is 8.43. The molecule has 90 valence electrons. The SMILES string of the molecule is c1cn2cnnc2c(NCC2CSCCS2)n1. The van der Waals surface area contributed by atoms with Crippen LogP contribution in [0.4, 0.5) is 5.82 Å². The molecule has 3 heterocycles. The number of hydrogen-bond acceptors (Lipinski definition) is 6. The summed E-state index contributed by atoms with van der Waals surface area (Å²) in [6, 6.07) is 0. The van der Waals surface area contributed by atoms with E-state index in [0.717, 1.165) is 18.0 Å². The number of thioether (sulfide) groups is 2. The van der Waals surface area contributed by atoms with Crippen molar-refractivity contribution in [2.45, 2.75) is 5.25 Å². The molecule has 2 aromatic heterocycles. The lowest BCUT2D eigenvalue weighted by Crippen LogP contribution is -2.23. The second-order valence-electron chi connectivity index (χ2n) is 3.79. The van der Waals surface area contributed by atoms with E-state index in [1.807, 2.05) is 34.1 Å². The van der Waals surface area contributed by atoms with Gasteiger partial charge < -0.3 is 5.32 Å². The summed E-state index contributed by atoms with van der Waals surface area (Å²) in [5.41, 5.74) is 0.793. The fourth-order valence-corrected chi connectivity index (χ4v) is 4.36. The van der Waals surface area contributed by atoms with Gasteiger partial charge in [-0.15, -0.1) is 10.2 Å². The number of rotatable bonds is 3. The van der Waals surface area contributed by atoms with Crippen molar-refractivity contribution in [1.82, 2.24) is 19.6 Å². The fourth-order valence-electron chi connectivity index (χ4n) is 1.75. The lowest BCUT2D eigenvalue weighted by Gasteiger charge is -2.21. The minimum absolute atomic E-state index is 0.665. The maximum atomic E-state index is 4.31. The summed E-state index contributed by atoms with van der Waals surface area (Å²) in [6.45, 7) is 0.942. The molecule has 0 amide bonds. The van der Waals surface area contributed by atoms with Gasteiger partial charge in [0.2, 0.25) is 5.65 Å². The highest BCUT2D eigenvalue weighted by Crippen LogP contribution is 2.24. The molecule has 0 aromatic carbocycles. The average Bonchev–Trinajstić information content (AvgIpc) is 2.86. The predicted octanol–water partition coefficient (Wildman–Crippen LogP) is 1.38. The second-order valence-corrected chi connectivity index (χ2v) is 6.34. The molecule has 0 bridgehead atoms. The van der Waals surface area contributed by atoms with Crippen LogP contribution in [-0.2, 0) is 0 Å². The molecular weight excluding hydrogens is 254 g/mol. The molecule has 0 spiro atoms. The van der Waals surface area contributed by atoms with Gasteiger partial charge in [0.05, 0.1) is 0 Å². The minimum Gasteiger partial charge on any atom is -0.366 e. The highest BCUT2D eigenvalue weighted by atomic mass is 32.2. The van der Waals surface area contributed by atoms with E-state index in [1.54, 1.807) is 12.5 Å². The van der Waals surface area contributed by atoms with Crippen molar-refractivity contribution in [1.29, 1.82) is 0 Å². The Bertz CT molecular complexity index is 494. The van der Waals surface area contributed by atoms with Gasteiger partial charge in [-0.3, -0.25) is 4.40 Å². The second kappa shape index (κ2) is 5.14. The van der Waals surface area contributed by atoms with Gasteiger partial charge in [-0.25, -0.2) is 4.98 Å². The Kier molecular flexibility index (Phi) is 3.37. The molecule has 1 atom stereocenters. The van der Waals surface area contributed by atoms with E-state index in [-0.39, 0.29) is 0 Å². The normalized spacial score (nSPS) is 20.6. The molecule has 2 aromatic rings. The molecule has 17 heavy (non-hydrogen) atoms. The summed E-state index contributed by atoms with van der Waals surface area (Å²) >= 11 is 4.06. The van der Waals surface area contributed by atoms with Crippen LogP contribution in [0.1, 0.15) is 0 Å². The van der Waals surface area contributed by atoms with Gasteiger partial charge in [-0.2, -0.15) is 23.5 Å². The Balaban J connectivity index is 1.69. The zero-order valence-electron chi connectivity index (χ0n) is 9.24. The van der Waals surface area contributed by atoms with Gasteiger partial charge in [-0.05, 0) is 0 Å². The number of fused-ring (bicyclic) bond motifs is 1. The fraction of sp³-hybridized carbons (Fsp3) is 0.500. The van der Waals surface area contributed by atoms with Crippen LogP contribution in [0, 0.1) is 0 Å². The summed E-state index contributed by atoms with van der Waals surface area (Å²) in [4.78, 5) is 4.31. The van der Waals surface area contributed by atoms with Crippen molar-refractivity contribution in [2.24, 2.45) is 0 Å². The van der Waals surface area contributed by atoms with Crippen molar-refractivity contribution in [3.63, 3.8) is 0 Å². The Morgan fingerprint density at radius 2 is 2.47 bits per heavy atom. The van der Waals surface area contributed by atoms with Crippen molar-refractivity contribution in [3.8, 4) is 0 Å². The topological polar surface area (TPSA) is 55.1 Å².